The van der Waals surface area contributed by atoms with Crippen molar-refractivity contribution in [2.75, 3.05) is 33.5 Å². The van der Waals surface area contributed by atoms with Crippen molar-refractivity contribution in [3.8, 4) is 11.5 Å². The van der Waals surface area contributed by atoms with Crippen LogP contribution >= 0.6 is 0 Å². The van der Waals surface area contributed by atoms with Crippen LogP contribution in [0, 0.1) is 0 Å². The number of phenols is 1. The fraction of sp³-hybridized carbons (Fsp3) is 0.700. The molecule has 282 valence electrons. The van der Waals surface area contributed by atoms with E-state index in [0.717, 1.165) is 6.08 Å². The number of carbonyl (C=O) groups is 1. The zero-order valence-corrected chi connectivity index (χ0v) is 26.5. The Morgan fingerprint density at radius 2 is 1.42 bits per heavy atom. The second-order valence-electron chi connectivity index (χ2n) is 12.0. The van der Waals surface area contributed by atoms with Gasteiger partial charge in [0.2, 0.25) is 0 Å². The highest BCUT2D eigenvalue weighted by Gasteiger charge is 2.52. The Bertz CT molecular complexity index is 1300. The van der Waals surface area contributed by atoms with Gasteiger partial charge in [0.1, 0.15) is 79.9 Å². The summed E-state index contributed by atoms with van der Waals surface area (Å²) >= 11 is 0. The molecule has 4 aliphatic rings. The van der Waals surface area contributed by atoms with E-state index in [9.17, 15) is 55.9 Å². The molecule has 0 aromatic heterocycles. The Balaban J connectivity index is 1.24. The molecule has 4 saturated heterocycles. The third-order valence-electron chi connectivity index (χ3n) is 8.55. The van der Waals surface area contributed by atoms with Gasteiger partial charge in [0.05, 0.1) is 26.9 Å². The summed E-state index contributed by atoms with van der Waals surface area (Å²) in [5.41, 5.74) is 0.503. The molecule has 5 rings (SSSR count). The van der Waals surface area contributed by atoms with Crippen molar-refractivity contribution < 1.29 is 98.5 Å². The Morgan fingerprint density at radius 1 is 0.760 bits per heavy atom. The van der Waals surface area contributed by atoms with Gasteiger partial charge in [-0.3, -0.25) is 0 Å². The number of rotatable bonds is 11. The fourth-order valence-electron chi connectivity index (χ4n) is 5.60. The summed E-state index contributed by atoms with van der Waals surface area (Å²) < 4.78 is 48.9. The average Bonchev–Trinajstić information content (AvgIpc) is 3.37. The molecule has 1 unspecified atom stereocenters. The topological polar surface area (TPSA) is 302 Å². The Kier molecular flexibility index (Phi) is 13.0. The number of carbonyl (C=O) groups excluding carboxylic acids is 1. The maximum absolute atomic E-state index is 12.4. The molecule has 0 aliphatic carbocycles. The summed E-state index contributed by atoms with van der Waals surface area (Å²) in [6, 6.07) is 4.37. The summed E-state index contributed by atoms with van der Waals surface area (Å²) in [4.78, 5) is 12.4. The van der Waals surface area contributed by atoms with Crippen molar-refractivity contribution in [1.29, 1.82) is 0 Å². The van der Waals surface area contributed by atoms with E-state index in [1.165, 1.54) is 31.4 Å². The fourth-order valence-corrected chi connectivity index (χ4v) is 5.60. The van der Waals surface area contributed by atoms with Crippen LogP contribution in [0.3, 0.4) is 0 Å². The minimum Gasteiger partial charge on any atom is -0.504 e. The monoisotopic (exact) mass is 722 g/mol. The molecule has 4 aliphatic heterocycles. The van der Waals surface area contributed by atoms with Gasteiger partial charge in [-0.15, -0.1) is 0 Å². The first-order valence-corrected chi connectivity index (χ1v) is 15.6. The molecule has 20 heteroatoms. The Labute approximate surface area is 284 Å². The molecule has 10 N–H and O–H groups in total. The van der Waals surface area contributed by atoms with Gasteiger partial charge in [-0.2, -0.15) is 0 Å². The first-order chi connectivity index (χ1) is 23.8. The van der Waals surface area contributed by atoms with Crippen molar-refractivity contribution >= 4 is 12.0 Å². The minimum absolute atomic E-state index is 0.0964. The number of benzene rings is 1. The van der Waals surface area contributed by atoms with Crippen LogP contribution in [0.1, 0.15) is 5.56 Å². The van der Waals surface area contributed by atoms with Crippen LogP contribution in [-0.2, 0) is 42.7 Å². The normalized spacial score (nSPS) is 42.4. The zero-order valence-electron chi connectivity index (χ0n) is 26.5. The van der Waals surface area contributed by atoms with E-state index >= 15 is 0 Å². The Hall–Kier alpha value is -2.61. The highest BCUT2D eigenvalue weighted by molar-refractivity contribution is 5.87. The third kappa shape index (κ3) is 8.70. The van der Waals surface area contributed by atoms with Gasteiger partial charge in [-0.1, -0.05) is 6.07 Å². The standard InChI is InChI=1S/C30H42O20/c1-42-14-6-11(2-4-12(14)31)3-5-18(33)43-8-15-21(36)24(39)30(48-15)50-26-17(49-28-23(38)19(34)13(32)7-45-28)10-46-29(25(26)40)47-16-9-44-27(41)22(37)20(16)35/h2-6,13,15-17,19-32,34-41H,7-10H2,1H3/b5-3-/t13-,15+,16-,17-,19+,20+,21+,22-,23-,24-,25-,26+,27?,28+,29+,30+/m1/s1. The van der Waals surface area contributed by atoms with Crippen LogP contribution in [0.4, 0.5) is 0 Å². The van der Waals surface area contributed by atoms with Crippen LogP contribution in [0.2, 0.25) is 0 Å². The van der Waals surface area contributed by atoms with Crippen molar-refractivity contribution in [2.24, 2.45) is 0 Å². The van der Waals surface area contributed by atoms with Crippen LogP contribution in [0.5, 0.6) is 11.5 Å². The van der Waals surface area contributed by atoms with Crippen molar-refractivity contribution in [1.82, 2.24) is 0 Å². The van der Waals surface area contributed by atoms with Gasteiger partial charge in [0.15, 0.2) is 36.7 Å². The number of aromatic hydroxyl groups is 1. The largest absolute Gasteiger partial charge is 0.504 e. The van der Waals surface area contributed by atoms with E-state index in [0.29, 0.717) is 5.56 Å². The van der Waals surface area contributed by atoms with Gasteiger partial charge >= 0.3 is 5.97 Å². The second-order valence-corrected chi connectivity index (χ2v) is 12.0. The summed E-state index contributed by atoms with van der Waals surface area (Å²) in [6.07, 6.45) is -23.0. The van der Waals surface area contributed by atoms with Gasteiger partial charge in [-0.05, 0) is 23.8 Å². The quantitative estimate of drug-likeness (QED) is 0.0754. The highest BCUT2D eigenvalue weighted by Crippen LogP contribution is 2.32. The van der Waals surface area contributed by atoms with E-state index in [2.05, 4.69) is 0 Å². The van der Waals surface area contributed by atoms with E-state index in [4.69, 9.17) is 42.6 Å². The molecule has 0 bridgehead atoms. The van der Waals surface area contributed by atoms with Crippen LogP contribution < -0.4 is 4.74 Å². The number of aliphatic hydroxyl groups is 9. The molecule has 0 radical (unpaired) electrons. The number of aliphatic hydroxyl groups excluding tert-OH is 9. The van der Waals surface area contributed by atoms with Gasteiger partial charge in [-0.25, -0.2) is 4.79 Å². The molecule has 20 nitrogen and oxygen atoms in total. The summed E-state index contributed by atoms with van der Waals surface area (Å²) in [6.45, 7) is -1.83. The number of hydrogen-bond acceptors (Lipinski definition) is 20. The lowest BCUT2D eigenvalue weighted by Crippen LogP contribution is -2.62. The molecule has 0 saturated carbocycles. The predicted octanol–water partition coefficient (Wildman–Crippen LogP) is -5.21. The van der Waals surface area contributed by atoms with Crippen LogP contribution in [0.15, 0.2) is 24.3 Å². The second kappa shape index (κ2) is 16.8. The van der Waals surface area contributed by atoms with Crippen molar-refractivity contribution in [3.63, 3.8) is 0 Å². The molecule has 50 heavy (non-hydrogen) atoms. The first-order valence-electron chi connectivity index (χ1n) is 15.6. The molecular weight excluding hydrogens is 680 g/mol. The first kappa shape index (κ1) is 38.6. The van der Waals surface area contributed by atoms with E-state index in [1.807, 2.05) is 0 Å². The number of phenolic OH excluding ortho intramolecular Hbond substituents is 1. The van der Waals surface area contributed by atoms with Crippen LogP contribution in [0.25, 0.3) is 6.08 Å². The molecule has 4 fully saturated rings. The molecule has 16 atom stereocenters. The number of methoxy groups -OCH3 is 1. The summed E-state index contributed by atoms with van der Waals surface area (Å²) in [7, 11) is 1.36. The lowest BCUT2D eigenvalue weighted by atomic mass is 10.0. The van der Waals surface area contributed by atoms with Gasteiger partial charge in [0, 0.05) is 6.08 Å². The maximum atomic E-state index is 12.4. The van der Waals surface area contributed by atoms with Crippen molar-refractivity contribution in [3.05, 3.63) is 29.8 Å². The minimum atomic E-state index is -1.82. The molecule has 0 amide bonds. The summed E-state index contributed by atoms with van der Waals surface area (Å²) in [5.74, 6) is -0.757. The molecule has 1 aromatic rings. The van der Waals surface area contributed by atoms with Gasteiger partial charge in [0.25, 0.3) is 0 Å². The van der Waals surface area contributed by atoms with Crippen LogP contribution in [-0.4, -0.2) is 189 Å². The van der Waals surface area contributed by atoms with Gasteiger partial charge < -0.3 is 93.7 Å². The number of ether oxygens (including phenoxy) is 9. The van der Waals surface area contributed by atoms with E-state index in [-0.39, 0.29) is 11.5 Å². The number of esters is 1. The smallest absolute Gasteiger partial charge is 0.330 e. The SMILES string of the molecule is COc1cc(/C=C\C(=O)OC[C@@H]2O[C@@H](O[C@@H]3[C@@H](O)[C@H](O[C@@H]4COC(O)[C@H](O)[C@H]4O)OC[C@H]3O[C@@H]3OC[C@@H](O)[C@H](O)[C@H]3O)[C@H](O)[C@H]2O)ccc1O. The number of hydrogen-bond donors (Lipinski definition) is 10. The average molecular weight is 723 g/mol. The third-order valence-corrected chi connectivity index (χ3v) is 8.55. The lowest BCUT2D eigenvalue weighted by Gasteiger charge is -2.45. The zero-order chi connectivity index (χ0) is 36.3. The maximum Gasteiger partial charge on any atom is 0.330 e. The predicted molar refractivity (Wildman–Crippen MR) is 157 cm³/mol. The molecule has 1 aromatic carbocycles. The van der Waals surface area contributed by atoms with Crippen molar-refractivity contribution in [2.45, 2.75) is 98.4 Å². The summed E-state index contributed by atoms with van der Waals surface area (Å²) in [5, 5.41) is 103. The Morgan fingerprint density at radius 3 is 2.16 bits per heavy atom. The molecular formula is C30H42O20. The molecule has 0 spiro atoms. The highest BCUT2D eigenvalue weighted by atomic mass is 16.8. The lowest BCUT2D eigenvalue weighted by molar-refractivity contribution is -0.362. The van der Waals surface area contributed by atoms with E-state index in [1.54, 1.807) is 0 Å². The van der Waals surface area contributed by atoms with E-state index < -0.39 is 131 Å². The molecule has 4 heterocycles.